The Labute approximate surface area is 80.7 Å². The van der Waals surface area contributed by atoms with E-state index in [1.165, 1.54) is 11.1 Å². The molecule has 0 atom stereocenters. The van der Waals surface area contributed by atoms with Crippen molar-refractivity contribution < 1.29 is 4.74 Å². The lowest BCUT2D eigenvalue weighted by atomic mass is 10.1. The van der Waals surface area contributed by atoms with Crippen molar-refractivity contribution in [3.63, 3.8) is 0 Å². The molecule has 0 fully saturated rings. The molecule has 0 aliphatic heterocycles. The summed E-state index contributed by atoms with van der Waals surface area (Å²) in [7, 11) is 0. The van der Waals surface area contributed by atoms with Gasteiger partial charge < -0.3 is 10.1 Å². The van der Waals surface area contributed by atoms with Gasteiger partial charge >= 0.3 is 0 Å². The predicted octanol–water partition coefficient (Wildman–Crippen LogP) is 1.89. The Kier molecular flexibility index (Phi) is 4.79. The standard InChI is InChI=1S/C11H19NO/c1-3-12-8-10-6-5-7-11(10)9-13-4-2/h5-6,12H,3-4,7-9H2,1-2H3. The van der Waals surface area contributed by atoms with Gasteiger partial charge in [0.25, 0.3) is 0 Å². The molecule has 1 aliphatic carbocycles. The highest BCUT2D eigenvalue weighted by molar-refractivity contribution is 5.35. The van der Waals surface area contributed by atoms with Crippen LogP contribution in [0.5, 0.6) is 0 Å². The van der Waals surface area contributed by atoms with E-state index in [-0.39, 0.29) is 0 Å². The largest absolute Gasteiger partial charge is 0.377 e. The Morgan fingerprint density at radius 3 is 3.00 bits per heavy atom. The third-order valence-corrected chi connectivity index (χ3v) is 2.18. The molecule has 0 spiro atoms. The van der Waals surface area contributed by atoms with Crippen molar-refractivity contribution in [3.8, 4) is 0 Å². The number of ether oxygens (including phenoxy) is 1. The number of nitrogens with one attached hydrogen (secondary N) is 1. The first-order valence-corrected chi connectivity index (χ1v) is 5.04. The molecule has 0 aromatic heterocycles. The Hall–Kier alpha value is -0.600. The maximum absolute atomic E-state index is 5.40. The normalized spacial score (nSPS) is 15.8. The number of allylic oxidation sites excluding steroid dienone is 1. The summed E-state index contributed by atoms with van der Waals surface area (Å²) < 4.78 is 5.40. The lowest BCUT2D eigenvalue weighted by Gasteiger charge is -2.07. The highest BCUT2D eigenvalue weighted by Crippen LogP contribution is 2.18. The first-order chi connectivity index (χ1) is 6.38. The molecule has 0 bridgehead atoms. The summed E-state index contributed by atoms with van der Waals surface area (Å²) in [5.41, 5.74) is 2.85. The first-order valence-electron chi connectivity index (χ1n) is 5.04. The molecule has 0 heterocycles. The van der Waals surface area contributed by atoms with E-state index < -0.39 is 0 Å². The maximum atomic E-state index is 5.40. The van der Waals surface area contributed by atoms with Gasteiger partial charge in [0.1, 0.15) is 0 Å². The summed E-state index contributed by atoms with van der Waals surface area (Å²) in [5.74, 6) is 0. The molecule has 1 aliphatic rings. The summed E-state index contributed by atoms with van der Waals surface area (Å²) in [5, 5.41) is 3.33. The highest BCUT2D eigenvalue weighted by atomic mass is 16.5. The van der Waals surface area contributed by atoms with Crippen LogP contribution >= 0.6 is 0 Å². The fraction of sp³-hybridized carbons (Fsp3) is 0.636. The molecule has 0 amide bonds. The predicted molar refractivity (Wildman–Crippen MR) is 55.8 cm³/mol. The zero-order chi connectivity index (χ0) is 9.52. The highest BCUT2D eigenvalue weighted by Gasteiger charge is 2.07. The molecule has 2 nitrogen and oxygen atoms in total. The van der Waals surface area contributed by atoms with E-state index in [1.54, 1.807) is 0 Å². The Balaban J connectivity index is 2.39. The average Bonchev–Trinajstić information content (AvgIpc) is 2.59. The molecule has 1 N–H and O–H groups in total. The summed E-state index contributed by atoms with van der Waals surface area (Å²) in [6, 6.07) is 0. The minimum Gasteiger partial charge on any atom is -0.377 e. The van der Waals surface area contributed by atoms with Gasteiger partial charge in [0.15, 0.2) is 0 Å². The molecular formula is C11H19NO. The lowest BCUT2D eigenvalue weighted by Crippen LogP contribution is -2.16. The van der Waals surface area contributed by atoms with Crippen molar-refractivity contribution in [2.24, 2.45) is 0 Å². The van der Waals surface area contributed by atoms with E-state index in [0.29, 0.717) is 0 Å². The van der Waals surface area contributed by atoms with Gasteiger partial charge in [-0.25, -0.2) is 0 Å². The van der Waals surface area contributed by atoms with Crippen molar-refractivity contribution >= 4 is 0 Å². The molecule has 0 saturated heterocycles. The molecule has 2 heteroatoms. The molecule has 0 saturated carbocycles. The van der Waals surface area contributed by atoms with Crippen LogP contribution < -0.4 is 5.32 Å². The number of hydrogen-bond donors (Lipinski definition) is 1. The van der Waals surface area contributed by atoms with Gasteiger partial charge in [0.2, 0.25) is 0 Å². The van der Waals surface area contributed by atoms with Gasteiger partial charge in [0, 0.05) is 13.2 Å². The summed E-state index contributed by atoms with van der Waals surface area (Å²) >= 11 is 0. The Bertz CT molecular complexity index is 206. The van der Waals surface area contributed by atoms with E-state index >= 15 is 0 Å². The number of rotatable bonds is 6. The second kappa shape index (κ2) is 5.95. The SMILES string of the molecule is CCNCC1=C(COCC)CC=C1. The fourth-order valence-corrected chi connectivity index (χ4v) is 1.41. The Morgan fingerprint density at radius 1 is 1.46 bits per heavy atom. The molecular weight excluding hydrogens is 162 g/mol. The summed E-state index contributed by atoms with van der Waals surface area (Å²) in [6.07, 6.45) is 5.48. The van der Waals surface area contributed by atoms with Crippen LogP contribution in [0.15, 0.2) is 23.3 Å². The summed E-state index contributed by atoms with van der Waals surface area (Å²) in [6.45, 7) is 7.77. The van der Waals surface area contributed by atoms with Crippen molar-refractivity contribution in [3.05, 3.63) is 23.3 Å². The second-order valence-corrected chi connectivity index (χ2v) is 3.15. The molecule has 1 rings (SSSR count). The lowest BCUT2D eigenvalue weighted by molar-refractivity contribution is 0.169. The van der Waals surface area contributed by atoms with Crippen LogP contribution in [0.4, 0.5) is 0 Å². The van der Waals surface area contributed by atoms with E-state index in [1.807, 2.05) is 6.92 Å². The third-order valence-electron chi connectivity index (χ3n) is 2.18. The monoisotopic (exact) mass is 181 g/mol. The van der Waals surface area contributed by atoms with Crippen LogP contribution in [-0.2, 0) is 4.74 Å². The fourth-order valence-electron chi connectivity index (χ4n) is 1.41. The zero-order valence-corrected chi connectivity index (χ0v) is 8.60. The van der Waals surface area contributed by atoms with Gasteiger partial charge in [-0.3, -0.25) is 0 Å². The van der Waals surface area contributed by atoms with Crippen molar-refractivity contribution in [1.29, 1.82) is 0 Å². The minimum absolute atomic E-state index is 0.796. The third kappa shape index (κ3) is 3.33. The molecule has 0 aromatic rings. The molecule has 0 unspecified atom stereocenters. The van der Waals surface area contributed by atoms with Crippen molar-refractivity contribution in [1.82, 2.24) is 5.32 Å². The van der Waals surface area contributed by atoms with Crippen LogP contribution in [0.2, 0.25) is 0 Å². The van der Waals surface area contributed by atoms with Crippen LogP contribution in [-0.4, -0.2) is 26.3 Å². The van der Waals surface area contributed by atoms with E-state index in [9.17, 15) is 0 Å². The van der Waals surface area contributed by atoms with Crippen molar-refractivity contribution in [2.45, 2.75) is 20.3 Å². The number of likely N-dealkylation sites (N-methyl/N-ethyl adjacent to an activating group) is 1. The number of hydrogen-bond acceptors (Lipinski definition) is 2. The van der Waals surface area contributed by atoms with Gasteiger partial charge in [0.05, 0.1) is 6.61 Å². The van der Waals surface area contributed by atoms with E-state index in [2.05, 4.69) is 24.4 Å². The van der Waals surface area contributed by atoms with E-state index in [4.69, 9.17) is 4.74 Å². The van der Waals surface area contributed by atoms with Crippen LogP contribution in [0, 0.1) is 0 Å². The summed E-state index contributed by atoms with van der Waals surface area (Å²) in [4.78, 5) is 0. The zero-order valence-electron chi connectivity index (χ0n) is 8.60. The minimum atomic E-state index is 0.796. The van der Waals surface area contributed by atoms with E-state index in [0.717, 1.165) is 32.7 Å². The molecule has 74 valence electrons. The first kappa shape index (κ1) is 10.5. The topological polar surface area (TPSA) is 21.3 Å². The average molecular weight is 181 g/mol. The van der Waals surface area contributed by atoms with Crippen LogP contribution in [0.3, 0.4) is 0 Å². The van der Waals surface area contributed by atoms with Crippen molar-refractivity contribution in [2.75, 3.05) is 26.3 Å². The maximum Gasteiger partial charge on any atom is 0.0685 e. The second-order valence-electron chi connectivity index (χ2n) is 3.15. The van der Waals surface area contributed by atoms with Gasteiger partial charge in [-0.15, -0.1) is 0 Å². The molecule has 0 aromatic carbocycles. The molecule has 13 heavy (non-hydrogen) atoms. The van der Waals surface area contributed by atoms with Crippen LogP contribution in [0.1, 0.15) is 20.3 Å². The van der Waals surface area contributed by atoms with Gasteiger partial charge in [-0.2, -0.15) is 0 Å². The quantitative estimate of drug-likeness (QED) is 0.675. The Morgan fingerprint density at radius 2 is 2.31 bits per heavy atom. The smallest absolute Gasteiger partial charge is 0.0685 e. The van der Waals surface area contributed by atoms with Gasteiger partial charge in [-0.05, 0) is 31.0 Å². The van der Waals surface area contributed by atoms with Gasteiger partial charge in [-0.1, -0.05) is 19.1 Å². The molecule has 0 radical (unpaired) electrons. The van der Waals surface area contributed by atoms with Crippen LogP contribution in [0.25, 0.3) is 0 Å².